The Morgan fingerprint density at radius 3 is 1.79 bits per heavy atom. The van der Waals surface area contributed by atoms with Gasteiger partial charge in [-0.3, -0.25) is 0 Å². The molecule has 0 aromatic rings. The van der Waals surface area contributed by atoms with E-state index in [1.165, 1.54) is 0 Å². The first kappa shape index (κ1) is 13.0. The molecule has 1 aliphatic carbocycles. The third kappa shape index (κ3) is 2.05. The summed E-state index contributed by atoms with van der Waals surface area (Å²) < 4.78 is 0. The van der Waals surface area contributed by atoms with Crippen LogP contribution in [0.2, 0.25) is 0 Å². The Kier molecular flexibility index (Phi) is 4.50. The van der Waals surface area contributed by atoms with E-state index in [-0.39, 0.29) is 10.1 Å². The number of rotatable bonds is 3. The molecule has 0 spiro atoms. The topological polar surface area (TPSA) is 0 Å². The van der Waals surface area contributed by atoms with Crippen molar-refractivity contribution in [3.63, 3.8) is 0 Å². The molecule has 0 aromatic heterocycles. The Morgan fingerprint density at radius 2 is 1.43 bits per heavy atom. The van der Waals surface area contributed by atoms with Crippen LogP contribution >= 0.6 is 58.0 Å². The van der Waals surface area contributed by atoms with Crippen molar-refractivity contribution < 1.29 is 0 Å². The fraction of sp³-hybridized carbons (Fsp3) is 0.556. The second-order valence-electron chi connectivity index (χ2n) is 3.16. The van der Waals surface area contributed by atoms with Crippen molar-refractivity contribution >= 4 is 58.0 Å². The molecule has 0 atom stereocenters. The van der Waals surface area contributed by atoms with Crippen LogP contribution < -0.4 is 0 Å². The maximum Gasteiger partial charge on any atom is 0.118 e. The predicted molar refractivity (Wildman–Crippen MR) is 65.6 cm³/mol. The Morgan fingerprint density at radius 1 is 1.00 bits per heavy atom. The van der Waals surface area contributed by atoms with Gasteiger partial charge in [-0.15, -0.1) is 11.6 Å². The Labute approximate surface area is 109 Å². The molecule has 5 heteroatoms. The molecule has 0 N–H and O–H groups in total. The minimum absolute atomic E-state index is 0.268. The summed E-state index contributed by atoms with van der Waals surface area (Å²) in [7, 11) is 0. The van der Waals surface area contributed by atoms with Gasteiger partial charge in [0.05, 0.1) is 20.1 Å². The van der Waals surface area contributed by atoms with Gasteiger partial charge in [-0.2, -0.15) is 0 Å². The molecular weight excluding hydrogens is 285 g/mol. The Hall–Kier alpha value is 0.930. The van der Waals surface area contributed by atoms with Gasteiger partial charge in [-0.25, -0.2) is 0 Å². The smallest absolute Gasteiger partial charge is 0.107 e. The van der Waals surface area contributed by atoms with Gasteiger partial charge in [0.1, 0.15) is 4.87 Å². The third-order valence-corrected chi connectivity index (χ3v) is 4.98. The molecule has 0 fully saturated rings. The second kappa shape index (κ2) is 4.84. The van der Waals surface area contributed by atoms with E-state index in [0.717, 1.165) is 12.8 Å². The summed E-state index contributed by atoms with van der Waals surface area (Å²) in [6.45, 7) is 2.06. The highest BCUT2D eigenvalue weighted by Gasteiger charge is 2.43. The van der Waals surface area contributed by atoms with Crippen LogP contribution in [0, 0.1) is 0 Å². The third-order valence-electron chi connectivity index (χ3n) is 2.15. The summed E-state index contributed by atoms with van der Waals surface area (Å²) >= 11 is 30.0. The standard InChI is InChI=1S/C9H9Cl5/c1-2-3-4-9(14)7(12)5(10)6(11)8(9)13/h2-4H2,1H3. The molecule has 0 bridgehead atoms. The molecule has 0 saturated heterocycles. The van der Waals surface area contributed by atoms with Crippen molar-refractivity contribution in [2.45, 2.75) is 31.1 Å². The van der Waals surface area contributed by atoms with Crippen LogP contribution in [0.4, 0.5) is 0 Å². The van der Waals surface area contributed by atoms with Gasteiger partial charge in [0.2, 0.25) is 0 Å². The van der Waals surface area contributed by atoms with Gasteiger partial charge in [-0.1, -0.05) is 66.2 Å². The molecule has 1 aliphatic rings. The molecule has 0 saturated carbocycles. The molecule has 14 heavy (non-hydrogen) atoms. The van der Waals surface area contributed by atoms with Crippen LogP contribution in [-0.2, 0) is 0 Å². The zero-order valence-corrected chi connectivity index (χ0v) is 11.3. The van der Waals surface area contributed by atoms with Crippen molar-refractivity contribution in [3.05, 3.63) is 20.1 Å². The summed E-state index contributed by atoms with van der Waals surface area (Å²) in [5.41, 5.74) is 0. The normalized spacial score (nSPS) is 21.0. The predicted octanol–water partition coefficient (Wildman–Crippen LogP) is 5.55. The molecule has 0 radical (unpaired) electrons. The molecule has 0 heterocycles. The Bertz CT molecular complexity index is 278. The van der Waals surface area contributed by atoms with Gasteiger partial charge in [-0.05, 0) is 6.42 Å². The van der Waals surface area contributed by atoms with Crippen LogP contribution in [0.25, 0.3) is 0 Å². The molecule has 0 unspecified atom stereocenters. The van der Waals surface area contributed by atoms with Crippen molar-refractivity contribution in [3.8, 4) is 0 Å². The highest BCUT2D eigenvalue weighted by molar-refractivity contribution is 6.58. The zero-order valence-electron chi connectivity index (χ0n) is 7.51. The number of halogens is 5. The summed E-state index contributed by atoms with van der Waals surface area (Å²) in [6, 6.07) is 0. The Balaban J connectivity index is 3.00. The van der Waals surface area contributed by atoms with Crippen LogP contribution in [0.5, 0.6) is 0 Å². The van der Waals surface area contributed by atoms with Crippen molar-refractivity contribution in [1.82, 2.24) is 0 Å². The van der Waals surface area contributed by atoms with E-state index in [9.17, 15) is 0 Å². The second-order valence-corrected chi connectivity index (χ2v) is 5.32. The monoisotopic (exact) mass is 292 g/mol. The minimum Gasteiger partial charge on any atom is -0.107 e. The summed E-state index contributed by atoms with van der Waals surface area (Å²) in [5, 5.41) is 1.21. The van der Waals surface area contributed by atoms with Gasteiger partial charge in [0, 0.05) is 0 Å². The number of hydrogen-bond acceptors (Lipinski definition) is 0. The average molecular weight is 294 g/mol. The first-order valence-corrected chi connectivity index (χ1v) is 6.15. The van der Waals surface area contributed by atoms with Crippen LogP contribution in [0.1, 0.15) is 26.2 Å². The van der Waals surface area contributed by atoms with E-state index in [1.807, 2.05) is 0 Å². The van der Waals surface area contributed by atoms with Crippen molar-refractivity contribution in [2.75, 3.05) is 0 Å². The average Bonchev–Trinajstić information content (AvgIpc) is 2.32. The largest absolute Gasteiger partial charge is 0.118 e. The van der Waals surface area contributed by atoms with E-state index in [2.05, 4.69) is 6.92 Å². The summed E-state index contributed by atoms with van der Waals surface area (Å²) in [4.78, 5) is -0.896. The maximum absolute atomic E-state index is 6.29. The number of unbranched alkanes of at least 4 members (excludes halogenated alkanes) is 1. The van der Waals surface area contributed by atoms with E-state index in [1.54, 1.807) is 0 Å². The summed E-state index contributed by atoms with van der Waals surface area (Å²) in [6.07, 6.45) is 2.58. The van der Waals surface area contributed by atoms with Gasteiger partial charge in [0.15, 0.2) is 0 Å². The van der Waals surface area contributed by atoms with Crippen LogP contribution in [-0.4, -0.2) is 4.87 Å². The zero-order chi connectivity index (χ0) is 10.9. The fourth-order valence-corrected chi connectivity index (χ4v) is 2.92. The number of hydrogen-bond donors (Lipinski definition) is 0. The first-order chi connectivity index (χ1) is 6.45. The SMILES string of the molecule is CCCCC1(Cl)C(Cl)=C(Cl)C(Cl)=C1Cl. The van der Waals surface area contributed by atoms with Crippen molar-refractivity contribution in [1.29, 1.82) is 0 Å². The maximum atomic E-state index is 6.29. The van der Waals surface area contributed by atoms with Gasteiger partial charge < -0.3 is 0 Å². The fourth-order valence-electron chi connectivity index (χ4n) is 1.28. The molecule has 0 aliphatic heterocycles. The highest BCUT2D eigenvalue weighted by Crippen LogP contribution is 2.53. The molecule has 1 rings (SSSR count). The molecule has 80 valence electrons. The first-order valence-electron chi connectivity index (χ1n) is 4.26. The number of alkyl halides is 1. The van der Waals surface area contributed by atoms with Crippen molar-refractivity contribution in [2.24, 2.45) is 0 Å². The lowest BCUT2D eigenvalue weighted by Gasteiger charge is -2.22. The quantitative estimate of drug-likeness (QED) is 0.599. The van der Waals surface area contributed by atoms with Gasteiger partial charge >= 0.3 is 0 Å². The lowest BCUT2D eigenvalue weighted by Crippen LogP contribution is -2.20. The van der Waals surface area contributed by atoms with Gasteiger partial charge in [0.25, 0.3) is 0 Å². The number of allylic oxidation sites excluding steroid dienone is 4. The molecule has 0 amide bonds. The minimum atomic E-state index is -0.896. The van der Waals surface area contributed by atoms with E-state index in [4.69, 9.17) is 58.0 Å². The van der Waals surface area contributed by atoms with E-state index < -0.39 is 4.87 Å². The summed E-state index contributed by atoms with van der Waals surface area (Å²) in [5.74, 6) is 0. The van der Waals surface area contributed by atoms with Crippen LogP contribution in [0.3, 0.4) is 0 Å². The van der Waals surface area contributed by atoms with E-state index >= 15 is 0 Å². The highest BCUT2D eigenvalue weighted by atomic mass is 35.5. The molecule has 0 aromatic carbocycles. The van der Waals surface area contributed by atoms with E-state index in [0.29, 0.717) is 16.5 Å². The lowest BCUT2D eigenvalue weighted by atomic mass is 10.0. The van der Waals surface area contributed by atoms with Crippen LogP contribution in [0.15, 0.2) is 20.1 Å². The lowest BCUT2D eigenvalue weighted by molar-refractivity contribution is 0.659. The molecular formula is C9H9Cl5. The molecule has 0 nitrogen and oxygen atoms in total.